The molecule has 0 aliphatic rings. The van der Waals surface area contributed by atoms with E-state index >= 15 is 0 Å². The Morgan fingerprint density at radius 3 is 2.50 bits per heavy atom. The lowest BCUT2D eigenvalue weighted by molar-refractivity contribution is -0.116. The van der Waals surface area contributed by atoms with Crippen molar-refractivity contribution in [2.24, 2.45) is 0 Å². The molecule has 0 fully saturated rings. The predicted molar refractivity (Wildman–Crippen MR) is 110 cm³/mol. The molecule has 7 heteroatoms. The number of carbonyl (C=O) groups excluding carboxylic acids is 2. The van der Waals surface area contributed by atoms with E-state index in [9.17, 15) is 9.59 Å². The van der Waals surface area contributed by atoms with Gasteiger partial charge in [-0.3, -0.25) is 14.9 Å². The first-order chi connectivity index (χ1) is 12.4. The molecule has 2 amide bonds. The summed E-state index contributed by atoms with van der Waals surface area (Å²) in [7, 11) is 0. The van der Waals surface area contributed by atoms with Gasteiger partial charge in [0.2, 0.25) is 5.91 Å². The van der Waals surface area contributed by atoms with Gasteiger partial charge in [-0.2, -0.15) is 0 Å². The van der Waals surface area contributed by atoms with Crippen LogP contribution >= 0.6 is 23.8 Å². The van der Waals surface area contributed by atoms with E-state index in [1.165, 1.54) is 0 Å². The molecule has 0 radical (unpaired) electrons. The Morgan fingerprint density at radius 2 is 1.85 bits per heavy atom. The van der Waals surface area contributed by atoms with Gasteiger partial charge >= 0.3 is 0 Å². The molecule has 0 aliphatic heterocycles. The van der Waals surface area contributed by atoms with E-state index in [1.54, 1.807) is 30.3 Å². The Kier molecular flexibility index (Phi) is 7.12. The number of nitrogens with one attached hydrogen (secondary N) is 3. The molecule has 5 nitrogen and oxygen atoms in total. The van der Waals surface area contributed by atoms with Crippen molar-refractivity contribution in [3.8, 4) is 0 Å². The van der Waals surface area contributed by atoms with E-state index in [-0.39, 0.29) is 16.9 Å². The number of thiocarbonyl (C=S) groups is 1. The van der Waals surface area contributed by atoms with Crippen molar-refractivity contribution in [2.45, 2.75) is 26.7 Å². The topological polar surface area (TPSA) is 70.2 Å². The van der Waals surface area contributed by atoms with Gasteiger partial charge in [0, 0.05) is 17.7 Å². The third-order valence-electron chi connectivity index (χ3n) is 3.59. The first-order valence-corrected chi connectivity index (χ1v) is 8.96. The number of aryl methyl sites for hydroxylation is 1. The summed E-state index contributed by atoms with van der Waals surface area (Å²) in [5.41, 5.74) is 2.57. The third-order valence-corrected chi connectivity index (χ3v) is 4.11. The molecule has 0 atom stereocenters. The number of amides is 2. The van der Waals surface area contributed by atoms with Gasteiger partial charge in [0.15, 0.2) is 5.11 Å². The van der Waals surface area contributed by atoms with E-state index in [2.05, 4.69) is 16.0 Å². The molecule has 26 heavy (non-hydrogen) atoms. The Hall–Kier alpha value is -2.44. The SMILES string of the molecule is CCCC(=O)Nc1ccc(NC(=S)NC(=O)c2ccccc2C)cc1Cl. The lowest BCUT2D eigenvalue weighted by Gasteiger charge is -2.12. The number of hydrogen-bond donors (Lipinski definition) is 3. The van der Waals surface area contributed by atoms with Crippen LogP contribution in [0.1, 0.15) is 35.7 Å². The van der Waals surface area contributed by atoms with Crippen LogP contribution in [0.5, 0.6) is 0 Å². The molecule has 2 aromatic rings. The molecule has 3 N–H and O–H groups in total. The fourth-order valence-corrected chi connectivity index (χ4v) is 2.73. The van der Waals surface area contributed by atoms with Crippen LogP contribution in [-0.2, 0) is 4.79 Å². The van der Waals surface area contributed by atoms with Crippen LogP contribution in [-0.4, -0.2) is 16.9 Å². The minimum absolute atomic E-state index is 0.0869. The number of carbonyl (C=O) groups is 2. The zero-order valence-corrected chi connectivity index (χ0v) is 16.1. The highest BCUT2D eigenvalue weighted by Gasteiger charge is 2.11. The van der Waals surface area contributed by atoms with Crippen LogP contribution < -0.4 is 16.0 Å². The Labute approximate surface area is 163 Å². The van der Waals surface area contributed by atoms with Crippen molar-refractivity contribution in [3.63, 3.8) is 0 Å². The first kappa shape index (κ1) is 19.9. The normalized spacial score (nSPS) is 10.1. The second-order valence-electron chi connectivity index (χ2n) is 5.72. The van der Waals surface area contributed by atoms with Crippen LogP contribution in [0.25, 0.3) is 0 Å². The van der Waals surface area contributed by atoms with Gasteiger partial charge in [-0.1, -0.05) is 36.7 Å². The average Bonchev–Trinajstić information content (AvgIpc) is 2.57. The van der Waals surface area contributed by atoms with E-state index in [0.29, 0.717) is 28.4 Å². The average molecular weight is 390 g/mol. The molecular weight excluding hydrogens is 370 g/mol. The van der Waals surface area contributed by atoms with Crippen molar-refractivity contribution in [3.05, 3.63) is 58.6 Å². The maximum atomic E-state index is 12.3. The first-order valence-electron chi connectivity index (χ1n) is 8.18. The molecule has 2 rings (SSSR count). The quantitative estimate of drug-likeness (QED) is 0.658. The predicted octanol–water partition coefficient (Wildman–Crippen LogP) is 4.51. The van der Waals surface area contributed by atoms with Crippen LogP contribution in [0, 0.1) is 6.92 Å². The standard InChI is InChI=1S/C19H20ClN3O2S/c1-3-6-17(24)22-16-10-9-13(11-15(16)20)21-19(26)23-18(25)14-8-5-4-7-12(14)2/h4-5,7-11H,3,6H2,1-2H3,(H,22,24)(H2,21,23,25,26). The molecule has 0 spiro atoms. The lowest BCUT2D eigenvalue weighted by Crippen LogP contribution is -2.34. The smallest absolute Gasteiger partial charge is 0.257 e. The fraction of sp³-hybridized carbons (Fsp3) is 0.211. The Morgan fingerprint density at radius 1 is 1.12 bits per heavy atom. The summed E-state index contributed by atoms with van der Waals surface area (Å²) in [6.07, 6.45) is 1.20. The van der Waals surface area contributed by atoms with Crippen molar-refractivity contribution in [2.75, 3.05) is 10.6 Å². The highest BCUT2D eigenvalue weighted by molar-refractivity contribution is 7.80. The van der Waals surface area contributed by atoms with E-state index in [4.69, 9.17) is 23.8 Å². The Bertz CT molecular complexity index is 839. The molecule has 0 saturated carbocycles. The minimum Gasteiger partial charge on any atom is -0.332 e. The molecule has 0 aliphatic carbocycles. The number of halogens is 1. The zero-order chi connectivity index (χ0) is 19.1. The summed E-state index contributed by atoms with van der Waals surface area (Å²) in [4.78, 5) is 23.9. The largest absolute Gasteiger partial charge is 0.332 e. The van der Waals surface area contributed by atoms with Crippen molar-refractivity contribution in [1.29, 1.82) is 0 Å². The van der Waals surface area contributed by atoms with E-state index in [1.807, 2.05) is 26.0 Å². The van der Waals surface area contributed by atoms with Gasteiger partial charge in [-0.05, 0) is 55.4 Å². The molecule has 0 heterocycles. The Balaban J connectivity index is 1.99. The number of rotatable bonds is 5. The number of benzene rings is 2. The number of anilines is 2. The van der Waals surface area contributed by atoms with Gasteiger partial charge in [0.05, 0.1) is 10.7 Å². The third kappa shape index (κ3) is 5.54. The molecule has 0 saturated heterocycles. The van der Waals surface area contributed by atoms with Gasteiger partial charge in [0.1, 0.15) is 0 Å². The molecule has 0 aromatic heterocycles. The number of hydrogen-bond acceptors (Lipinski definition) is 3. The molecule has 136 valence electrons. The van der Waals surface area contributed by atoms with Crippen molar-refractivity contribution >= 4 is 52.1 Å². The summed E-state index contributed by atoms with van der Waals surface area (Å²) in [5, 5.41) is 8.84. The summed E-state index contributed by atoms with van der Waals surface area (Å²) in [6.45, 7) is 3.79. The summed E-state index contributed by atoms with van der Waals surface area (Å²) >= 11 is 11.4. The van der Waals surface area contributed by atoms with E-state index < -0.39 is 0 Å². The maximum Gasteiger partial charge on any atom is 0.257 e. The van der Waals surface area contributed by atoms with Crippen LogP contribution in [0.2, 0.25) is 5.02 Å². The van der Waals surface area contributed by atoms with Crippen LogP contribution in [0.4, 0.5) is 11.4 Å². The van der Waals surface area contributed by atoms with Gasteiger partial charge < -0.3 is 10.6 Å². The van der Waals surface area contributed by atoms with Crippen molar-refractivity contribution < 1.29 is 9.59 Å². The van der Waals surface area contributed by atoms with Gasteiger partial charge in [-0.25, -0.2) is 0 Å². The fourth-order valence-electron chi connectivity index (χ4n) is 2.29. The summed E-state index contributed by atoms with van der Waals surface area (Å²) in [5.74, 6) is -0.369. The van der Waals surface area contributed by atoms with Gasteiger partial charge in [0.25, 0.3) is 5.91 Å². The molecule has 0 unspecified atom stereocenters. The van der Waals surface area contributed by atoms with E-state index in [0.717, 1.165) is 12.0 Å². The highest BCUT2D eigenvalue weighted by atomic mass is 35.5. The second-order valence-corrected chi connectivity index (χ2v) is 6.53. The summed E-state index contributed by atoms with van der Waals surface area (Å²) in [6, 6.07) is 12.3. The maximum absolute atomic E-state index is 12.3. The zero-order valence-electron chi connectivity index (χ0n) is 14.6. The monoisotopic (exact) mass is 389 g/mol. The second kappa shape index (κ2) is 9.31. The molecule has 2 aromatic carbocycles. The summed E-state index contributed by atoms with van der Waals surface area (Å²) < 4.78 is 0. The van der Waals surface area contributed by atoms with Crippen LogP contribution in [0.3, 0.4) is 0 Å². The lowest BCUT2D eigenvalue weighted by atomic mass is 10.1. The van der Waals surface area contributed by atoms with Crippen molar-refractivity contribution in [1.82, 2.24) is 5.32 Å². The highest BCUT2D eigenvalue weighted by Crippen LogP contribution is 2.25. The molecule has 0 bridgehead atoms. The van der Waals surface area contributed by atoms with Crippen LogP contribution in [0.15, 0.2) is 42.5 Å². The van der Waals surface area contributed by atoms with Gasteiger partial charge in [-0.15, -0.1) is 0 Å². The molecular formula is C19H20ClN3O2S. The minimum atomic E-state index is -0.282.